The van der Waals surface area contributed by atoms with Crippen molar-refractivity contribution >= 4 is 11.0 Å². The number of nitrogens with zero attached hydrogens (tertiary/aromatic N) is 2. The summed E-state index contributed by atoms with van der Waals surface area (Å²) in [5, 5.41) is 7.90. The number of fused-ring (bicyclic) bond motifs is 1. The summed E-state index contributed by atoms with van der Waals surface area (Å²) in [5.74, 6) is 0. The molecule has 0 saturated heterocycles. The van der Waals surface area contributed by atoms with E-state index in [-0.39, 0.29) is 0 Å². The first-order valence-electron chi connectivity index (χ1n) is 5.06. The molecule has 0 spiro atoms. The monoisotopic (exact) mass is 208 g/mol. The average molecular weight is 208 g/mol. The van der Waals surface area contributed by atoms with E-state index < -0.39 is 0 Å². The van der Waals surface area contributed by atoms with Gasteiger partial charge in [0.2, 0.25) is 0 Å². The van der Waals surface area contributed by atoms with Crippen molar-refractivity contribution in [3.63, 3.8) is 0 Å². The summed E-state index contributed by atoms with van der Waals surface area (Å²) in [5.41, 5.74) is 4.05. The summed E-state index contributed by atoms with van der Waals surface area (Å²) in [4.78, 5) is 4.22. The van der Waals surface area contributed by atoms with E-state index in [2.05, 4.69) is 28.2 Å². The average Bonchev–Trinajstić information content (AvgIpc) is 2.77. The van der Waals surface area contributed by atoms with Crippen LogP contribution in [0.3, 0.4) is 0 Å². The van der Waals surface area contributed by atoms with Crippen molar-refractivity contribution in [2.24, 2.45) is 0 Å². The molecule has 3 aromatic rings. The Hall–Kier alpha value is -2.16. The van der Waals surface area contributed by atoms with E-state index in [1.165, 1.54) is 0 Å². The highest BCUT2D eigenvalue weighted by atomic mass is 15.1. The van der Waals surface area contributed by atoms with E-state index in [0.29, 0.717) is 0 Å². The molecule has 2 aromatic heterocycles. The SMILES string of the molecule is [CH2]c1ccccc1-c1ccnc2[nH]ncc12. The molecule has 3 heteroatoms. The summed E-state index contributed by atoms with van der Waals surface area (Å²) in [6.45, 7) is 4.04. The lowest BCUT2D eigenvalue weighted by Gasteiger charge is -2.05. The molecule has 0 unspecified atom stereocenters. The lowest BCUT2D eigenvalue weighted by Crippen LogP contribution is -1.85. The van der Waals surface area contributed by atoms with Crippen LogP contribution in [-0.4, -0.2) is 15.2 Å². The van der Waals surface area contributed by atoms with Crippen molar-refractivity contribution in [2.75, 3.05) is 0 Å². The summed E-state index contributed by atoms with van der Waals surface area (Å²) in [7, 11) is 0. The largest absolute Gasteiger partial charge is 0.261 e. The molecule has 2 heterocycles. The molecule has 0 saturated carbocycles. The zero-order valence-electron chi connectivity index (χ0n) is 8.64. The first-order chi connectivity index (χ1) is 7.86. The maximum absolute atomic E-state index is 4.22. The molecule has 0 amide bonds. The predicted molar refractivity (Wildman–Crippen MR) is 63.8 cm³/mol. The Morgan fingerprint density at radius 3 is 2.81 bits per heavy atom. The number of aromatic nitrogens is 3. The maximum Gasteiger partial charge on any atom is 0.155 e. The highest BCUT2D eigenvalue weighted by Gasteiger charge is 2.07. The van der Waals surface area contributed by atoms with Gasteiger partial charge in [-0.25, -0.2) is 4.98 Å². The summed E-state index contributed by atoms with van der Waals surface area (Å²) in [6.07, 6.45) is 3.58. The molecule has 0 aliphatic carbocycles. The van der Waals surface area contributed by atoms with Gasteiger partial charge in [0, 0.05) is 11.6 Å². The van der Waals surface area contributed by atoms with Gasteiger partial charge in [-0.15, -0.1) is 0 Å². The molecule has 3 rings (SSSR count). The predicted octanol–water partition coefficient (Wildman–Crippen LogP) is 2.81. The van der Waals surface area contributed by atoms with Crippen LogP contribution in [0.25, 0.3) is 22.2 Å². The van der Waals surface area contributed by atoms with E-state index >= 15 is 0 Å². The van der Waals surface area contributed by atoms with Gasteiger partial charge in [-0.1, -0.05) is 24.3 Å². The number of H-pyrrole nitrogens is 1. The Labute approximate surface area is 93.2 Å². The maximum atomic E-state index is 4.22. The van der Waals surface area contributed by atoms with Gasteiger partial charge in [-0.05, 0) is 29.7 Å². The molecule has 77 valence electrons. The third kappa shape index (κ3) is 1.29. The van der Waals surface area contributed by atoms with Crippen molar-refractivity contribution in [1.82, 2.24) is 15.2 Å². The van der Waals surface area contributed by atoms with Gasteiger partial charge in [-0.3, -0.25) is 5.10 Å². The minimum atomic E-state index is 0.806. The minimum Gasteiger partial charge on any atom is -0.261 e. The number of benzene rings is 1. The van der Waals surface area contributed by atoms with Crippen LogP contribution in [0.5, 0.6) is 0 Å². The fourth-order valence-electron chi connectivity index (χ4n) is 1.87. The normalized spacial score (nSPS) is 10.8. The molecule has 1 aromatic carbocycles. The van der Waals surface area contributed by atoms with Crippen LogP contribution in [0.1, 0.15) is 5.56 Å². The highest BCUT2D eigenvalue weighted by Crippen LogP contribution is 2.28. The molecule has 1 radical (unpaired) electrons. The Bertz CT molecular complexity index is 640. The van der Waals surface area contributed by atoms with Crippen LogP contribution in [0, 0.1) is 6.92 Å². The molecule has 3 nitrogen and oxygen atoms in total. The van der Waals surface area contributed by atoms with Crippen LogP contribution >= 0.6 is 0 Å². The Balaban J connectivity index is 2.34. The fourth-order valence-corrected chi connectivity index (χ4v) is 1.87. The van der Waals surface area contributed by atoms with Crippen LogP contribution < -0.4 is 0 Å². The second-order valence-electron chi connectivity index (χ2n) is 3.65. The van der Waals surface area contributed by atoms with E-state index in [0.717, 1.165) is 27.7 Å². The zero-order valence-corrected chi connectivity index (χ0v) is 8.64. The van der Waals surface area contributed by atoms with Crippen molar-refractivity contribution in [1.29, 1.82) is 0 Å². The molecular weight excluding hydrogens is 198 g/mol. The zero-order chi connectivity index (χ0) is 11.0. The van der Waals surface area contributed by atoms with E-state index in [1.807, 2.05) is 24.3 Å². The van der Waals surface area contributed by atoms with E-state index in [9.17, 15) is 0 Å². The number of hydrogen-bond donors (Lipinski definition) is 1. The van der Waals surface area contributed by atoms with Crippen LogP contribution in [-0.2, 0) is 0 Å². The van der Waals surface area contributed by atoms with Crippen molar-refractivity contribution in [3.8, 4) is 11.1 Å². The molecule has 0 aliphatic rings. The smallest absolute Gasteiger partial charge is 0.155 e. The standard InChI is InChI=1S/C13H10N3/c1-9-4-2-3-5-10(9)11-6-7-14-13-12(11)8-15-16-13/h2-8H,1H2,(H,14,15,16). The Kier molecular flexibility index (Phi) is 1.96. The number of pyridine rings is 1. The van der Waals surface area contributed by atoms with Crippen molar-refractivity contribution < 1.29 is 0 Å². The number of rotatable bonds is 1. The van der Waals surface area contributed by atoms with Gasteiger partial charge in [0.15, 0.2) is 5.65 Å². The third-order valence-electron chi connectivity index (χ3n) is 2.66. The van der Waals surface area contributed by atoms with Crippen LogP contribution in [0.4, 0.5) is 0 Å². The molecule has 0 bridgehead atoms. The molecule has 1 N–H and O–H groups in total. The second-order valence-corrected chi connectivity index (χ2v) is 3.65. The van der Waals surface area contributed by atoms with Gasteiger partial charge in [0.25, 0.3) is 0 Å². The van der Waals surface area contributed by atoms with E-state index in [4.69, 9.17) is 0 Å². The van der Waals surface area contributed by atoms with Gasteiger partial charge in [0.1, 0.15) is 0 Å². The van der Waals surface area contributed by atoms with Crippen LogP contribution in [0.15, 0.2) is 42.7 Å². The first kappa shape index (κ1) is 9.09. The first-order valence-corrected chi connectivity index (χ1v) is 5.06. The van der Waals surface area contributed by atoms with Gasteiger partial charge >= 0.3 is 0 Å². The lowest BCUT2D eigenvalue weighted by atomic mass is 10.00. The Morgan fingerprint density at radius 1 is 1.06 bits per heavy atom. The third-order valence-corrected chi connectivity index (χ3v) is 2.66. The van der Waals surface area contributed by atoms with Gasteiger partial charge in [-0.2, -0.15) is 5.10 Å². The van der Waals surface area contributed by atoms with Gasteiger partial charge in [0.05, 0.1) is 6.20 Å². The fraction of sp³-hybridized carbons (Fsp3) is 0. The Morgan fingerprint density at radius 2 is 1.94 bits per heavy atom. The summed E-state index contributed by atoms with van der Waals surface area (Å²) < 4.78 is 0. The van der Waals surface area contributed by atoms with Crippen LogP contribution in [0.2, 0.25) is 0 Å². The molecular formula is C13H10N3. The number of nitrogens with one attached hydrogen (secondary N) is 1. The topological polar surface area (TPSA) is 41.6 Å². The number of aromatic amines is 1. The molecule has 0 atom stereocenters. The second kappa shape index (κ2) is 3.45. The van der Waals surface area contributed by atoms with Crippen molar-refractivity contribution in [3.05, 3.63) is 55.2 Å². The quantitative estimate of drug-likeness (QED) is 0.668. The molecule has 16 heavy (non-hydrogen) atoms. The molecule has 0 aliphatic heterocycles. The minimum absolute atomic E-state index is 0.806. The summed E-state index contributed by atoms with van der Waals surface area (Å²) >= 11 is 0. The van der Waals surface area contributed by atoms with E-state index in [1.54, 1.807) is 12.4 Å². The highest BCUT2D eigenvalue weighted by molar-refractivity contribution is 5.93. The van der Waals surface area contributed by atoms with Crippen molar-refractivity contribution in [2.45, 2.75) is 0 Å². The van der Waals surface area contributed by atoms with Gasteiger partial charge < -0.3 is 0 Å². The lowest BCUT2D eigenvalue weighted by molar-refractivity contribution is 1.10. The summed E-state index contributed by atoms with van der Waals surface area (Å²) in [6, 6.07) is 10.0. The molecule has 0 fully saturated rings. The number of hydrogen-bond acceptors (Lipinski definition) is 2.